The number of rotatable bonds is 6. The molecule has 1 saturated heterocycles. The van der Waals surface area contributed by atoms with Crippen molar-refractivity contribution in [1.82, 2.24) is 10.2 Å². The van der Waals surface area contributed by atoms with Gasteiger partial charge in [-0.3, -0.25) is 4.90 Å². The second-order valence-corrected chi connectivity index (χ2v) is 6.35. The van der Waals surface area contributed by atoms with Gasteiger partial charge in [-0.1, -0.05) is 24.3 Å². The SMILES string of the molecule is OCc1ccc(CN(CC2CCCNC2)C2CC2)cc1. The van der Waals surface area contributed by atoms with E-state index in [1.807, 2.05) is 12.1 Å². The van der Waals surface area contributed by atoms with E-state index in [9.17, 15) is 0 Å². The Morgan fingerprint density at radius 2 is 1.85 bits per heavy atom. The second-order valence-electron chi connectivity index (χ2n) is 6.35. The van der Waals surface area contributed by atoms with Crippen molar-refractivity contribution in [3.05, 3.63) is 35.4 Å². The first kappa shape index (κ1) is 14.1. The van der Waals surface area contributed by atoms with Crippen molar-refractivity contribution in [2.75, 3.05) is 19.6 Å². The van der Waals surface area contributed by atoms with Crippen molar-refractivity contribution < 1.29 is 5.11 Å². The molecule has 0 bridgehead atoms. The van der Waals surface area contributed by atoms with Gasteiger partial charge in [0.2, 0.25) is 0 Å². The Kier molecular flexibility index (Phi) is 4.71. The fraction of sp³-hybridized carbons (Fsp3) is 0.647. The zero-order valence-electron chi connectivity index (χ0n) is 12.2. The summed E-state index contributed by atoms with van der Waals surface area (Å²) in [5, 5.41) is 12.6. The van der Waals surface area contributed by atoms with Gasteiger partial charge in [0.05, 0.1) is 6.61 Å². The molecule has 110 valence electrons. The zero-order chi connectivity index (χ0) is 13.8. The topological polar surface area (TPSA) is 35.5 Å². The minimum Gasteiger partial charge on any atom is -0.392 e. The molecule has 0 aromatic heterocycles. The van der Waals surface area contributed by atoms with E-state index < -0.39 is 0 Å². The molecule has 1 saturated carbocycles. The quantitative estimate of drug-likeness (QED) is 0.834. The molecule has 2 aliphatic rings. The van der Waals surface area contributed by atoms with Gasteiger partial charge in [-0.05, 0) is 55.8 Å². The molecule has 0 amide bonds. The lowest BCUT2D eigenvalue weighted by Gasteiger charge is -2.30. The molecule has 1 unspecified atom stereocenters. The molecular weight excluding hydrogens is 248 g/mol. The number of aliphatic hydroxyl groups is 1. The summed E-state index contributed by atoms with van der Waals surface area (Å²) < 4.78 is 0. The van der Waals surface area contributed by atoms with E-state index in [2.05, 4.69) is 22.3 Å². The Labute approximate surface area is 122 Å². The predicted octanol–water partition coefficient (Wildman–Crippen LogP) is 2.14. The van der Waals surface area contributed by atoms with Crippen molar-refractivity contribution in [2.24, 2.45) is 5.92 Å². The maximum atomic E-state index is 9.11. The summed E-state index contributed by atoms with van der Waals surface area (Å²) in [4.78, 5) is 2.67. The van der Waals surface area contributed by atoms with Crippen molar-refractivity contribution in [3.8, 4) is 0 Å². The Bertz CT molecular complexity index is 408. The summed E-state index contributed by atoms with van der Waals surface area (Å²) in [7, 11) is 0. The first-order valence-electron chi connectivity index (χ1n) is 7.98. The van der Waals surface area contributed by atoms with Crippen LogP contribution in [0.1, 0.15) is 36.8 Å². The largest absolute Gasteiger partial charge is 0.392 e. The van der Waals surface area contributed by atoms with Crippen LogP contribution in [0.5, 0.6) is 0 Å². The fourth-order valence-electron chi connectivity index (χ4n) is 3.18. The van der Waals surface area contributed by atoms with Crippen LogP contribution in [0.4, 0.5) is 0 Å². The van der Waals surface area contributed by atoms with E-state index in [4.69, 9.17) is 5.11 Å². The van der Waals surface area contributed by atoms with E-state index in [0.29, 0.717) is 0 Å². The Morgan fingerprint density at radius 1 is 1.10 bits per heavy atom. The van der Waals surface area contributed by atoms with Crippen molar-refractivity contribution >= 4 is 0 Å². The molecule has 0 radical (unpaired) electrons. The number of nitrogens with zero attached hydrogens (tertiary/aromatic N) is 1. The average molecular weight is 274 g/mol. The van der Waals surface area contributed by atoms with Gasteiger partial charge in [0.25, 0.3) is 0 Å². The average Bonchev–Trinajstić information content (AvgIpc) is 3.33. The van der Waals surface area contributed by atoms with E-state index in [1.54, 1.807) is 0 Å². The number of aliphatic hydroxyl groups excluding tert-OH is 1. The third kappa shape index (κ3) is 3.81. The van der Waals surface area contributed by atoms with Crippen LogP contribution in [0, 0.1) is 5.92 Å². The number of benzene rings is 1. The van der Waals surface area contributed by atoms with Crippen LogP contribution in [-0.4, -0.2) is 35.7 Å². The van der Waals surface area contributed by atoms with Gasteiger partial charge in [0.15, 0.2) is 0 Å². The number of hydrogen-bond donors (Lipinski definition) is 2. The van der Waals surface area contributed by atoms with Crippen molar-refractivity contribution in [2.45, 2.75) is 44.9 Å². The number of hydrogen-bond acceptors (Lipinski definition) is 3. The first-order valence-corrected chi connectivity index (χ1v) is 7.98. The molecule has 1 aliphatic carbocycles. The molecule has 2 fully saturated rings. The molecule has 1 heterocycles. The molecule has 20 heavy (non-hydrogen) atoms. The third-order valence-corrected chi connectivity index (χ3v) is 4.55. The summed E-state index contributed by atoms with van der Waals surface area (Å²) in [6.07, 6.45) is 5.44. The monoisotopic (exact) mass is 274 g/mol. The van der Waals surface area contributed by atoms with Crippen molar-refractivity contribution in [1.29, 1.82) is 0 Å². The number of nitrogens with one attached hydrogen (secondary N) is 1. The van der Waals surface area contributed by atoms with Gasteiger partial charge >= 0.3 is 0 Å². The van der Waals surface area contributed by atoms with Gasteiger partial charge < -0.3 is 10.4 Å². The highest BCUT2D eigenvalue weighted by Gasteiger charge is 2.30. The summed E-state index contributed by atoms with van der Waals surface area (Å²) in [6, 6.07) is 9.24. The van der Waals surface area contributed by atoms with E-state index in [0.717, 1.165) is 24.1 Å². The molecule has 3 heteroatoms. The summed E-state index contributed by atoms with van der Waals surface area (Å²) in [6.45, 7) is 4.82. The Balaban J connectivity index is 1.58. The maximum absolute atomic E-state index is 9.11. The van der Waals surface area contributed by atoms with Crippen molar-refractivity contribution in [3.63, 3.8) is 0 Å². The normalized spacial score (nSPS) is 23.2. The fourth-order valence-corrected chi connectivity index (χ4v) is 3.18. The van der Waals surface area contributed by atoms with Gasteiger partial charge in [-0.15, -0.1) is 0 Å². The predicted molar refractivity (Wildman–Crippen MR) is 81.4 cm³/mol. The molecule has 1 aliphatic heterocycles. The maximum Gasteiger partial charge on any atom is 0.0681 e. The highest BCUT2D eigenvalue weighted by molar-refractivity contribution is 5.22. The van der Waals surface area contributed by atoms with Crippen LogP contribution < -0.4 is 5.32 Å². The first-order chi connectivity index (χ1) is 9.85. The standard InChI is InChI=1S/C17H26N2O/c20-13-15-5-3-14(4-6-15)11-19(17-7-8-17)12-16-2-1-9-18-10-16/h3-6,16-18,20H,1-2,7-13H2. The smallest absolute Gasteiger partial charge is 0.0681 e. The third-order valence-electron chi connectivity index (χ3n) is 4.55. The van der Waals surface area contributed by atoms with E-state index in [1.165, 1.54) is 50.9 Å². The highest BCUT2D eigenvalue weighted by Crippen LogP contribution is 2.30. The molecule has 1 atom stereocenters. The van der Waals surface area contributed by atoms with E-state index in [-0.39, 0.29) is 6.61 Å². The molecule has 3 rings (SSSR count). The molecule has 0 spiro atoms. The molecular formula is C17H26N2O. The van der Waals surface area contributed by atoms with Crippen LogP contribution in [-0.2, 0) is 13.2 Å². The van der Waals surface area contributed by atoms with Crippen LogP contribution in [0.2, 0.25) is 0 Å². The lowest BCUT2D eigenvalue weighted by atomic mass is 9.98. The van der Waals surface area contributed by atoms with Crippen LogP contribution in [0.3, 0.4) is 0 Å². The molecule has 3 nitrogen and oxygen atoms in total. The second kappa shape index (κ2) is 6.70. The summed E-state index contributed by atoms with van der Waals surface area (Å²) in [5.74, 6) is 0.820. The lowest BCUT2D eigenvalue weighted by Crippen LogP contribution is -2.39. The Morgan fingerprint density at radius 3 is 2.45 bits per heavy atom. The molecule has 1 aromatic carbocycles. The summed E-state index contributed by atoms with van der Waals surface area (Å²) in [5.41, 5.74) is 2.38. The molecule has 2 N–H and O–H groups in total. The molecule has 1 aromatic rings. The minimum absolute atomic E-state index is 0.139. The Hall–Kier alpha value is -0.900. The van der Waals surface area contributed by atoms with E-state index >= 15 is 0 Å². The summed E-state index contributed by atoms with van der Waals surface area (Å²) >= 11 is 0. The van der Waals surface area contributed by atoms with Gasteiger partial charge in [0, 0.05) is 19.1 Å². The zero-order valence-corrected chi connectivity index (χ0v) is 12.2. The van der Waals surface area contributed by atoms with Gasteiger partial charge in [-0.2, -0.15) is 0 Å². The van der Waals surface area contributed by atoms with Crippen LogP contribution in [0.25, 0.3) is 0 Å². The van der Waals surface area contributed by atoms with Crippen LogP contribution in [0.15, 0.2) is 24.3 Å². The van der Waals surface area contributed by atoms with Crippen LogP contribution >= 0.6 is 0 Å². The lowest BCUT2D eigenvalue weighted by molar-refractivity contribution is 0.192. The number of piperidine rings is 1. The van der Waals surface area contributed by atoms with Gasteiger partial charge in [0.1, 0.15) is 0 Å². The van der Waals surface area contributed by atoms with Gasteiger partial charge in [-0.25, -0.2) is 0 Å². The minimum atomic E-state index is 0.139. The highest BCUT2D eigenvalue weighted by atomic mass is 16.3.